The van der Waals surface area contributed by atoms with E-state index in [0.29, 0.717) is 13.2 Å². The minimum Gasteiger partial charge on any atom is -0.491 e. The van der Waals surface area contributed by atoms with E-state index in [2.05, 4.69) is 16.5 Å². The van der Waals surface area contributed by atoms with Crippen LogP contribution in [0.25, 0.3) is 0 Å². The van der Waals surface area contributed by atoms with E-state index in [4.69, 9.17) is 9.47 Å². The van der Waals surface area contributed by atoms with Crippen molar-refractivity contribution in [1.29, 1.82) is 0 Å². The molecule has 0 bridgehead atoms. The van der Waals surface area contributed by atoms with E-state index in [1.807, 2.05) is 43.0 Å². The smallest absolute Gasteiger partial charge is 0.124 e. The summed E-state index contributed by atoms with van der Waals surface area (Å²) in [6.45, 7) is 1.11. The highest BCUT2D eigenvalue weighted by Crippen LogP contribution is 2.29. The minimum absolute atomic E-state index is 0.0428. The highest BCUT2D eigenvalue weighted by atomic mass is 16.5. The molecule has 0 aliphatic carbocycles. The van der Waals surface area contributed by atoms with Crippen molar-refractivity contribution in [1.82, 2.24) is 15.1 Å². The van der Waals surface area contributed by atoms with Crippen LogP contribution in [0.2, 0.25) is 0 Å². The highest BCUT2D eigenvalue weighted by Gasteiger charge is 2.19. The van der Waals surface area contributed by atoms with Crippen LogP contribution in [-0.4, -0.2) is 37.2 Å². The second-order valence-corrected chi connectivity index (χ2v) is 4.48. The normalized spacial score (nSPS) is 12.3. The van der Waals surface area contributed by atoms with Crippen LogP contribution in [0.4, 0.5) is 0 Å². The first-order valence-corrected chi connectivity index (χ1v) is 6.63. The van der Waals surface area contributed by atoms with Crippen LogP contribution >= 0.6 is 0 Å². The summed E-state index contributed by atoms with van der Waals surface area (Å²) >= 11 is 0. The molecule has 0 fully saturated rings. The lowest BCUT2D eigenvalue weighted by Gasteiger charge is -2.20. The molecule has 0 aliphatic heterocycles. The molecule has 2 aromatic rings. The van der Waals surface area contributed by atoms with E-state index >= 15 is 0 Å². The maximum atomic E-state index is 5.80. The average molecular weight is 275 g/mol. The Morgan fingerprint density at radius 2 is 2.05 bits per heavy atom. The summed E-state index contributed by atoms with van der Waals surface area (Å²) in [7, 11) is 5.54. The van der Waals surface area contributed by atoms with Crippen LogP contribution in [0.15, 0.2) is 36.5 Å². The summed E-state index contributed by atoms with van der Waals surface area (Å²) in [5, 5.41) is 7.55. The predicted octanol–water partition coefficient (Wildman–Crippen LogP) is 1.75. The second-order valence-electron chi connectivity index (χ2n) is 4.48. The van der Waals surface area contributed by atoms with Crippen LogP contribution in [-0.2, 0) is 11.8 Å². The molecule has 1 atom stereocenters. The third-order valence-electron chi connectivity index (χ3n) is 3.22. The zero-order valence-corrected chi connectivity index (χ0v) is 12.2. The number of aromatic nitrogens is 2. The summed E-state index contributed by atoms with van der Waals surface area (Å²) in [5.74, 6) is 0.866. The number of ether oxygens (including phenoxy) is 2. The first kappa shape index (κ1) is 14.6. The lowest BCUT2D eigenvalue weighted by atomic mass is 10.0. The number of aryl methyl sites for hydroxylation is 1. The zero-order valence-electron chi connectivity index (χ0n) is 12.2. The van der Waals surface area contributed by atoms with Gasteiger partial charge in [-0.3, -0.25) is 4.68 Å². The van der Waals surface area contributed by atoms with Crippen molar-refractivity contribution in [3.63, 3.8) is 0 Å². The summed E-state index contributed by atoms with van der Waals surface area (Å²) in [6, 6.07) is 10.1. The number of nitrogens with one attached hydrogen (secondary N) is 1. The molecule has 20 heavy (non-hydrogen) atoms. The number of methoxy groups -OCH3 is 1. The molecule has 1 aromatic carbocycles. The van der Waals surface area contributed by atoms with Gasteiger partial charge in [0.15, 0.2) is 0 Å². The van der Waals surface area contributed by atoms with Crippen molar-refractivity contribution in [2.75, 3.05) is 27.4 Å². The Kier molecular flexibility index (Phi) is 5.15. The fourth-order valence-corrected chi connectivity index (χ4v) is 2.22. The summed E-state index contributed by atoms with van der Waals surface area (Å²) in [6.07, 6.45) is 1.80. The molecule has 0 saturated heterocycles. The number of nitrogens with zero attached hydrogens (tertiary/aromatic N) is 2. The molecule has 1 N–H and O–H groups in total. The molecule has 108 valence electrons. The molecule has 1 heterocycles. The van der Waals surface area contributed by atoms with Gasteiger partial charge in [0.1, 0.15) is 12.4 Å². The van der Waals surface area contributed by atoms with Gasteiger partial charge in [0.05, 0.1) is 18.3 Å². The van der Waals surface area contributed by atoms with Gasteiger partial charge in [0, 0.05) is 25.9 Å². The van der Waals surface area contributed by atoms with Gasteiger partial charge in [-0.25, -0.2) is 0 Å². The third kappa shape index (κ3) is 3.18. The number of hydrogen-bond acceptors (Lipinski definition) is 4. The van der Waals surface area contributed by atoms with Gasteiger partial charge in [-0.1, -0.05) is 18.2 Å². The Morgan fingerprint density at radius 3 is 2.70 bits per heavy atom. The molecule has 1 aromatic heterocycles. The van der Waals surface area contributed by atoms with Crippen molar-refractivity contribution >= 4 is 0 Å². The summed E-state index contributed by atoms with van der Waals surface area (Å²) < 4.78 is 12.7. The van der Waals surface area contributed by atoms with E-state index in [1.165, 1.54) is 0 Å². The van der Waals surface area contributed by atoms with Gasteiger partial charge < -0.3 is 14.8 Å². The van der Waals surface area contributed by atoms with Gasteiger partial charge >= 0.3 is 0 Å². The lowest BCUT2D eigenvalue weighted by Crippen LogP contribution is -2.21. The van der Waals surface area contributed by atoms with Crippen molar-refractivity contribution in [2.24, 2.45) is 7.05 Å². The summed E-state index contributed by atoms with van der Waals surface area (Å²) in [4.78, 5) is 0. The Hall–Kier alpha value is -1.85. The highest BCUT2D eigenvalue weighted by molar-refractivity contribution is 5.39. The van der Waals surface area contributed by atoms with Gasteiger partial charge in [-0.2, -0.15) is 5.10 Å². The van der Waals surface area contributed by atoms with Gasteiger partial charge in [-0.15, -0.1) is 0 Å². The van der Waals surface area contributed by atoms with E-state index in [1.54, 1.807) is 13.3 Å². The first-order chi connectivity index (χ1) is 9.77. The first-order valence-electron chi connectivity index (χ1n) is 6.63. The average Bonchev–Trinajstić information content (AvgIpc) is 2.88. The van der Waals surface area contributed by atoms with E-state index in [-0.39, 0.29) is 6.04 Å². The fourth-order valence-electron chi connectivity index (χ4n) is 2.22. The number of hydrogen-bond donors (Lipinski definition) is 1. The molecule has 0 saturated carbocycles. The van der Waals surface area contributed by atoms with Crippen LogP contribution in [0, 0.1) is 0 Å². The van der Waals surface area contributed by atoms with Crippen LogP contribution in [0.3, 0.4) is 0 Å². The molecule has 0 amide bonds. The predicted molar refractivity (Wildman–Crippen MR) is 77.9 cm³/mol. The standard InChI is InChI=1S/C15H21N3O2/c1-16-15(13-8-9-17-18(13)2)12-6-4-5-7-14(12)20-11-10-19-3/h4-9,15-16H,10-11H2,1-3H3. The molecule has 5 nitrogen and oxygen atoms in total. The van der Waals surface area contributed by atoms with Crippen LogP contribution in [0.1, 0.15) is 17.3 Å². The van der Waals surface area contributed by atoms with Crippen LogP contribution in [0.5, 0.6) is 5.75 Å². The van der Waals surface area contributed by atoms with Gasteiger partial charge in [-0.05, 0) is 19.2 Å². The minimum atomic E-state index is 0.0428. The second kappa shape index (κ2) is 7.07. The Bertz CT molecular complexity index is 539. The molecule has 0 radical (unpaired) electrons. The Morgan fingerprint density at radius 1 is 1.25 bits per heavy atom. The molecule has 5 heteroatoms. The van der Waals surface area contributed by atoms with E-state index in [9.17, 15) is 0 Å². The van der Waals surface area contributed by atoms with E-state index < -0.39 is 0 Å². The van der Waals surface area contributed by atoms with Gasteiger partial charge in [0.25, 0.3) is 0 Å². The summed E-state index contributed by atoms with van der Waals surface area (Å²) in [5.41, 5.74) is 2.19. The molecule has 0 aliphatic rings. The molecule has 0 spiro atoms. The van der Waals surface area contributed by atoms with Crippen molar-refractivity contribution in [3.05, 3.63) is 47.8 Å². The fraction of sp³-hybridized carbons (Fsp3) is 0.400. The molecular weight excluding hydrogens is 254 g/mol. The van der Waals surface area contributed by atoms with E-state index in [0.717, 1.165) is 17.0 Å². The number of rotatable bonds is 7. The van der Waals surface area contributed by atoms with Crippen molar-refractivity contribution in [2.45, 2.75) is 6.04 Å². The van der Waals surface area contributed by atoms with Gasteiger partial charge in [0.2, 0.25) is 0 Å². The van der Waals surface area contributed by atoms with Crippen molar-refractivity contribution in [3.8, 4) is 5.75 Å². The third-order valence-corrected chi connectivity index (χ3v) is 3.22. The maximum absolute atomic E-state index is 5.80. The number of benzene rings is 1. The topological polar surface area (TPSA) is 48.3 Å². The lowest BCUT2D eigenvalue weighted by molar-refractivity contribution is 0.145. The molecule has 2 rings (SSSR count). The largest absolute Gasteiger partial charge is 0.491 e. The number of para-hydroxylation sites is 1. The zero-order chi connectivity index (χ0) is 14.4. The monoisotopic (exact) mass is 275 g/mol. The van der Waals surface area contributed by atoms with Crippen LogP contribution < -0.4 is 10.1 Å². The maximum Gasteiger partial charge on any atom is 0.124 e. The Balaban J connectivity index is 2.28. The molecular formula is C15H21N3O2. The molecule has 1 unspecified atom stereocenters. The quantitative estimate of drug-likeness (QED) is 0.782. The Labute approximate surface area is 119 Å². The van der Waals surface area contributed by atoms with Crippen molar-refractivity contribution < 1.29 is 9.47 Å². The SMILES string of the molecule is CNC(c1ccccc1OCCOC)c1ccnn1C.